The van der Waals surface area contributed by atoms with Crippen molar-refractivity contribution in [1.29, 1.82) is 0 Å². The third-order valence-corrected chi connectivity index (χ3v) is 5.17. The SMILES string of the molecule is Cc1cccc(C(=O)N2CCCNc3ccccc32)c1I. The van der Waals surface area contributed by atoms with Gasteiger partial charge in [0.15, 0.2) is 0 Å². The number of hydrogen-bond donors (Lipinski definition) is 1. The Bertz CT molecular complexity index is 684. The Kier molecular flexibility index (Phi) is 4.14. The summed E-state index contributed by atoms with van der Waals surface area (Å²) < 4.78 is 1.04. The molecule has 3 nitrogen and oxygen atoms in total. The fourth-order valence-electron chi connectivity index (χ4n) is 2.61. The van der Waals surface area contributed by atoms with Gasteiger partial charge < -0.3 is 10.2 Å². The van der Waals surface area contributed by atoms with Crippen LogP contribution in [-0.2, 0) is 0 Å². The second-order valence-corrected chi connectivity index (χ2v) is 6.27. The van der Waals surface area contributed by atoms with Gasteiger partial charge in [-0.15, -0.1) is 0 Å². The topological polar surface area (TPSA) is 32.3 Å². The Morgan fingerprint density at radius 3 is 2.86 bits per heavy atom. The molecular formula is C17H17IN2O. The molecule has 0 saturated carbocycles. The smallest absolute Gasteiger partial charge is 0.259 e. The van der Waals surface area contributed by atoms with Gasteiger partial charge >= 0.3 is 0 Å². The second kappa shape index (κ2) is 6.05. The van der Waals surface area contributed by atoms with Crippen molar-refractivity contribution >= 4 is 39.9 Å². The van der Waals surface area contributed by atoms with Gasteiger partial charge in [0, 0.05) is 16.7 Å². The predicted octanol–water partition coefficient (Wildman–Crippen LogP) is 4.06. The first kappa shape index (κ1) is 14.4. The van der Waals surface area contributed by atoms with E-state index in [0.717, 1.165) is 45.6 Å². The zero-order valence-corrected chi connectivity index (χ0v) is 14.1. The van der Waals surface area contributed by atoms with Crippen molar-refractivity contribution in [3.63, 3.8) is 0 Å². The zero-order chi connectivity index (χ0) is 14.8. The average molecular weight is 392 g/mol. The lowest BCUT2D eigenvalue weighted by Gasteiger charge is -2.23. The lowest BCUT2D eigenvalue weighted by atomic mass is 10.1. The van der Waals surface area contributed by atoms with E-state index in [1.807, 2.05) is 54.3 Å². The summed E-state index contributed by atoms with van der Waals surface area (Å²) in [4.78, 5) is 14.9. The molecule has 1 aliphatic rings. The molecule has 21 heavy (non-hydrogen) atoms. The molecule has 1 heterocycles. The van der Waals surface area contributed by atoms with Gasteiger partial charge in [0.25, 0.3) is 5.91 Å². The molecule has 0 aromatic heterocycles. The number of halogens is 1. The molecule has 1 amide bonds. The summed E-state index contributed by atoms with van der Waals surface area (Å²) in [6.45, 7) is 3.68. The molecule has 0 bridgehead atoms. The molecule has 0 fully saturated rings. The Hall–Kier alpha value is -1.56. The molecule has 0 aliphatic carbocycles. The summed E-state index contributed by atoms with van der Waals surface area (Å²) in [6, 6.07) is 13.9. The molecule has 0 unspecified atom stereocenters. The van der Waals surface area contributed by atoms with E-state index in [9.17, 15) is 4.79 Å². The third kappa shape index (κ3) is 2.77. The Balaban J connectivity index is 2.03. The number of nitrogens with zero attached hydrogens (tertiary/aromatic N) is 1. The van der Waals surface area contributed by atoms with Crippen LogP contribution in [0, 0.1) is 10.5 Å². The molecule has 2 aromatic rings. The largest absolute Gasteiger partial charge is 0.383 e. The lowest BCUT2D eigenvalue weighted by molar-refractivity contribution is 0.0986. The molecule has 0 spiro atoms. The number of hydrogen-bond acceptors (Lipinski definition) is 2. The molecule has 3 rings (SSSR count). The Morgan fingerprint density at radius 1 is 1.19 bits per heavy atom. The number of aryl methyl sites for hydroxylation is 1. The number of carbonyl (C=O) groups excluding carboxylic acids is 1. The van der Waals surface area contributed by atoms with E-state index in [4.69, 9.17) is 0 Å². The monoisotopic (exact) mass is 392 g/mol. The minimum absolute atomic E-state index is 0.0826. The van der Waals surface area contributed by atoms with Crippen molar-refractivity contribution in [3.8, 4) is 0 Å². The van der Waals surface area contributed by atoms with E-state index in [-0.39, 0.29) is 5.91 Å². The highest BCUT2D eigenvalue weighted by Gasteiger charge is 2.23. The normalized spacial score (nSPS) is 14.1. The van der Waals surface area contributed by atoms with Crippen LogP contribution in [0.5, 0.6) is 0 Å². The molecule has 1 N–H and O–H groups in total. The number of rotatable bonds is 1. The molecular weight excluding hydrogens is 375 g/mol. The van der Waals surface area contributed by atoms with Crippen LogP contribution >= 0.6 is 22.6 Å². The van der Waals surface area contributed by atoms with Crippen LogP contribution in [0.3, 0.4) is 0 Å². The quantitative estimate of drug-likeness (QED) is 0.743. The highest BCUT2D eigenvalue weighted by molar-refractivity contribution is 14.1. The first-order valence-corrected chi connectivity index (χ1v) is 8.16. The number of carbonyl (C=O) groups is 1. The van der Waals surface area contributed by atoms with Crippen LogP contribution in [0.25, 0.3) is 0 Å². The van der Waals surface area contributed by atoms with E-state index < -0.39 is 0 Å². The van der Waals surface area contributed by atoms with Gasteiger partial charge in [0.2, 0.25) is 0 Å². The number of amides is 1. The van der Waals surface area contributed by atoms with E-state index in [0.29, 0.717) is 0 Å². The maximum absolute atomic E-state index is 13.0. The van der Waals surface area contributed by atoms with Gasteiger partial charge in [-0.1, -0.05) is 24.3 Å². The minimum Gasteiger partial charge on any atom is -0.383 e. The number of para-hydroxylation sites is 2. The molecule has 2 aromatic carbocycles. The Labute approximate surface area is 138 Å². The highest BCUT2D eigenvalue weighted by Crippen LogP contribution is 2.30. The second-order valence-electron chi connectivity index (χ2n) is 5.19. The van der Waals surface area contributed by atoms with E-state index in [2.05, 4.69) is 27.9 Å². The van der Waals surface area contributed by atoms with Gasteiger partial charge in [-0.05, 0) is 59.7 Å². The summed E-state index contributed by atoms with van der Waals surface area (Å²) in [5, 5.41) is 3.39. The van der Waals surface area contributed by atoms with Crippen molar-refractivity contribution in [1.82, 2.24) is 0 Å². The first-order valence-electron chi connectivity index (χ1n) is 7.08. The fourth-order valence-corrected chi connectivity index (χ4v) is 3.20. The van der Waals surface area contributed by atoms with Crippen molar-refractivity contribution < 1.29 is 4.79 Å². The van der Waals surface area contributed by atoms with Gasteiger partial charge in [0.05, 0.1) is 16.9 Å². The summed E-state index contributed by atoms with van der Waals surface area (Å²) in [6.07, 6.45) is 0.947. The molecule has 1 aliphatic heterocycles. The van der Waals surface area contributed by atoms with Crippen LogP contribution in [0.2, 0.25) is 0 Å². The summed E-state index contributed by atoms with van der Waals surface area (Å²) >= 11 is 2.26. The molecule has 108 valence electrons. The van der Waals surface area contributed by atoms with Crippen LogP contribution in [0.15, 0.2) is 42.5 Å². The number of nitrogens with one attached hydrogen (secondary N) is 1. The third-order valence-electron chi connectivity index (χ3n) is 3.74. The van der Waals surface area contributed by atoms with E-state index in [1.165, 1.54) is 0 Å². The number of benzene rings is 2. The van der Waals surface area contributed by atoms with E-state index >= 15 is 0 Å². The highest BCUT2D eigenvalue weighted by atomic mass is 127. The number of anilines is 2. The molecule has 0 radical (unpaired) electrons. The fraction of sp³-hybridized carbons (Fsp3) is 0.235. The van der Waals surface area contributed by atoms with Crippen molar-refractivity contribution in [2.24, 2.45) is 0 Å². The van der Waals surface area contributed by atoms with Gasteiger partial charge in [-0.25, -0.2) is 0 Å². The number of fused-ring (bicyclic) bond motifs is 1. The average Bonchev–Trinajstić information content (AvgIpc) is 2.72. The van der Waals surface area contributed by atoms with Crippen LogP contribution in [0.4, 0.5) is 11.4 Å². The van der Waals surface area contributed by atoms with Crippen LogP contribution in [0.1, 0.15) is 22.3 Å². The summed E-state index contributed by atoms with van der Waals surface area (Å²) in [5.74, 6) is 0.0826. The van der Waals surface area contributed by atoms with E-state index in [1.54, 1.807) is 0 Å². The van der Waals surface area contributed by atoms with Gasteiger partial charge in [-0.2, -0.15) is 0 Å². The molecule has 0 saturated heterocycles. The first-order chi connectivity index (χ1) is 10.2. The molecule has 4 heteroatoms. The van der Waals surface area contributed by atoms with Gasteiger partial charge in [0.1, 0.15) is 0 Å². The van der Waals surface area contributed by atoms with Crippen molar-refractivity contribution in [3.05, 3.63) is 57.2 Å². The maximum Gasteiger partial charge on any atom is 0.259 e. The van der Waals surface area contributed by atoms with Crippen LogP contribution in [-0.4, -0.2) is 19.0 Å². The van der Waals surface area contributed by atoms with Gasteiger partial charge in [-0.3, -0.25) is 4.79 Å². The summed E-state index contributed by atoms with van der Waals surface area (Å²) in [5.41, 5.74) is 3.93. The standard InChI is InChI=1S/C17H17IN2O/c1-12-6-4-7-13(16(12)18)17(21)20-11-5-10-19-14-8-2-3-9-15(14)20/h2-4,6-9,19H,5,10-11H2,1H3. The zero-order valence-electron chi connectivity index (χ0n) is 11.9. The van der Waals surface area contributed by atoms with Crippen molar-refractivity contribution in [2.45, 2.75) is 13.3 Å². The van der Waals surface area contributed by atoms with Crippen molar-refractivity contribution in [2.75, 3.05) is 23.3 Å². The lowest BCUT2D eigenvalue weighted by Crippen LogP contribution is -2.32. The maximum atomic E-state index is 13.0. The summed E-state index contributed by atoms with van der Waals surface area (Å²) in [7, 11) is 0. The molecule has 0 atom stereocenters. The predicted molar refractivity (Wildman–Crippen MR) is 95.1 cm³/mol. The Morgan fingerprint density at radius 2 is 2.00 bits per heavy atom. The van der Waals surface area contributed by atoms with Crippen LogP contribution < -0.4 is 10.2 Å². The minimum atomic E-state index is 0.0826.